The van der Waals surface area contributed by atoms with Gasteiger partial charge in [-0.25, -0.2) is 0 Å². The third-order valence-corrected chi connectivity index (χ3v) is 3.52. The number of amides is 1. The Kier molecular flexibility index (Phi) is 3.48. The van der Waals surface area contributed by atoms with Crippen molar-refractivity contribution in [2.75, 3.05) is 6.61 Å². The monoisotopic (exact) mass is 284 g/mol. The molecule has 1 aromatic heterocycles. The Labute approximate surface area is 121 Å². The van der Waals surface area contributed by atoms with Crippen LogP contribution in [0.2, 0.25) is 0 Å². The number of H-pyrrole nitrogens is 1. The molecule has 1 saturated carbocycles. The molecule has 1 amide bonds. The van der Waals surface area contributed by atoms with E-state index in [0.29, 0.717) is 18.2 Å². The number of benzene rings is 1. The van der Waals surface area contributed by atoms with Gasteiger partial charge in [0.05, 0.1) is 12.3 Å². The highest BCUT2D eigenvalue weighted by Gasteiger charge is 2.22. The van der Waals surface area contributed by atoms with Crippen LogP contribution < -0.4 is 16.0 Å². The van der Waals surface area contributed by atoms with Crippen LogP contribution in [0.3, 0.4) is 0 Å². The van der Waals surface area contributed by atoms with E-state index in [0.717, 1.165) is 11.3 Å². The molecule has 0 unspecified atom stereocenters. The molecule has 0 bridgehead atoms. The van der Waals surface area contributed by atoms with Gasteiger partial charge in [-0.05, 0) is 43.0 Å². The molecule has 5 heteroatoms. The molecule has 0 atom stereocenters. The van der Waals surface area contributed by atoms with E-state index in [1.807, 2.05) is 24.3 Å². The number of primary amides is 1. The minimum Gasteiger partial charge on any atom is -0.493 e. The SMILES string of the molecule is NC(=O)c1ccc(-c2ccccc2OCC2CC2)[nH]c1=O. The van der Waals surface area contributed by atoms with Crippen LogP contribution in [0.5, 0.6) is 5.75 Å². The smallest absolute Gasteiger partial charge is 0.261 e. The number of carbonyl (C=O) groups excluding carboxylic acids is 1. The van der Waals surface area contributed by atoms with Crippen molar-refractivity contribution in [2.45, 2.75) is 12.8 Å². The third-order valence-electron chi connectivity index (χ3n) is 3.52. The molecule has 0 radical (unpaired) electrons. The summed E-state index contributed by atoms with van der Waals surface area (Å²) in [6.45, 7) is 0.695. The number of hydrogen-bond donors (Lipinski definition) is 2. The van der Waals surface area contributed by atoms with Crippen molar-refractivity contribution in [3.05, 3.63) is 52.3 Å². The molecule has 21 heavy (non-hydrogen) atoms. The average Bonchev–Trinajstić information content (AvgIpc) is 3.29. The van der Waals surface area contributed by atoms with E-state index < -0.39 is 11.5 Å². The molecule has 5 nitrogen and oxygen atoms in total. The predicted molar refractivity (Wildman–Crippen MR) is 79.2 cm³/mol. The summed E-state index contributed by atoms with van der Waals surface area (Å²) in [6.07, 6.45) is 2.43. The van der Waals surface area contributed by atoms with Crippen molar-refractivity contribution >= 4 is 5.91 Å². The van der Waals surface area contributed by atoms with Crippen molar-refractivity contribution in [1.82, 2.24) is 4.98 Å². The fourth-order valence-corrected chi connectivity index (χ4v) is 2.13. The molecule has 108 valence electrons. The number of nitrogens with two attached hydrogens (primary N) is 1. The molecule has 1 aliphatic carbocycles. The van der Waals surface area contributed by atoms with E-state index in [4.69, 9.17) is 10.5 Å². The van der Waals surface area contributed by atoms with Gasteiger partial charge in [0.15, 0.2) is 0 Å². The lowest BCUT2D eigenvalue weighted by molar-refractivity contribution is 0.0999. The number of hydrogen-bond acceptors (Lipinski definition) is 3. The Hall–Kier alpha value is -2.56. The lowest BCUT2D eigenvalue weighted by Crippen LogP contribution is -2.23. The summed E-state index contributed by atoms with van der Waals surface area (Å²) in [5, 5.41) is 0. The predicted octanol–water partition coefficient (Wildman–Crippen LogP) is 1.93. The highest BCUT2D eigenvalue weighted by atomic mass is 16.5. The number of pyridine rings is 1. The molecule has 3 rings (SSSR count). The summed E-state index contributed by atoms with van der Waals surface area (Å²) in [4.78, 5) is 25.6. The van der Waals surface area contributed by atoms with Crippen LogP contribution in [-0.2, 0) is 0 Å². The number of para-hydroxylation sites is 1. The van der Waals surface area contributed by atoms with E-state index in [1.165, 1.54) is 18.9 Å². The van der Waals surface area contributed by atoms with Gasteiger partial charge in [0, 0.05) is 5.56 Å². The number of carbonyl (C=O) groups is 1. The molecular formula is C16H16N2O3. The van der Waals surface area contributed by atoms with Gasteiger partial charge in [0.2, 0.25) is 0 Å². The molecule has 0 saturated heterocycles. The fourth-order valence-electron chi connectivity index (χ4n) is 2.13. The van der Waals surface area contributed by atoms with E-state index >= 15 is 0 Å². The molecule has 1 fully saturated rings. The van der Waals surface area contributed by atoms with Gasteiger partial charge in [-0.3, -0.25) is 9.59 Å². The number of nitrogens with one attached hydrogen (secondary N) is 1. The van der Waals surface area contributed by atoms with Crippen LogP contribution in [0.15, 0.2) is 41.2 Å². The van der Waals surface area contributed by atoms with Gasteiger partial charge in [-0.2, -0.15) is 0 Å². The Balaban J connectivity index is 1.93. The molecule has 3 N–H and O–H groups in total. The van der Waals surface area contributed by atoms with Crippen LogP contribution in [0.25, 0.3) is 11.3 Å². The van der Waals surface area contributed by atoms with Crippen LogP contribution >= 0.6 is 0 Å². The zero-order valence-electron chi connectivity index (χ0n) is 11.5. The Morgan fingerprint density at radius 3 is 2.67 bits per heavy atom. The van der Waals surface area contributed by atoms with Gasteiger partial charge in [0.25, 0.3) is 11.5 Å². The van der Waals surface area contributed by atoms with Crippen molar-refractivity contribution in [3.63, 3.8) is 0 Å². The first-order chi connectivity index (χ1) is 10.1. The number of rotatable bonds is 5. The van der Waals surface area contributed by atoms with Crippen molar-refractivity contribution in [1.29, 1.82) is 0 Å². The topological polar surface area (TPSA) is 85.2 Å². The van der Waals surface area contributed by atoms with Gasteiger partial charge in [-0.1, -0.05) is 12.1 Å². The second-order valence-electron chi connectivity index (χ2n) is 5.23. The van der Waals surface area contributed by atoms with Gasteiger partial charge < -0.3 is 15.5 Å². The highest BCUT2D eigenvalue weighted by Crippen LogP contribution is 2.32. The Morgan fingerprint density at radius 1 is 1.24 bits per heavy atom. The molecule has 0 spiro atoms. The maximum atomic E-state index is 11.8. The minimum atomic E-state index is -0.735. The molecule has 1 aromatic carbocycles. The second kappa shape index (κ2) is 5.44. The number of aromatic nitrogens is 1. The molecule has 1 aliphatic rings. The van der Waals surface area contributed by atoms with E-state index in [9.17, 15) is 9.59 Å². The summed E-state index contributed by atoms with van der Waals surface area (Å²) in [6, 6.07) is 10.6. The average molecular weight is 284 g/mol. The molecule has 2 aromatic rings. The first-order valence-corrected chi connectivity index (χ1v) is 6.90. The Morgan fingerprint density at radius 2 is 2.00 bits per heavy atom. The number of ether oxygens (including phenoxy) is 1. The summed E-state index contributed by atoms with van der Waals surface area (Å²) < 4.78 is 5.82. The van der Waals surface area contributed by atoms with Crippen molar-refractivity contribution in [3.8, 4) is 17.0 Å². The molecule has 0 aliphatic heterocycles. The highest BCUT2D eigenvalue weighted by molar-refractivity contribution is 5.92. The van der Waals surface area contributed by atoms with Crippen LogP contribution in [0.1, 0.15) is 23.2 Å². The standard InChI is InChI=1S/C16H16N2O3/c17-15(19)12-7-8-13(18-16(12)20)11-3-1-2-4-14(11)21-9-10-5-6-10/h1-4,7-8,10H,5-6,9H2,(H2,17,19)(H,18,20). The van der Waals surface area contributed by atoms with Gasteiger partial charge in [0.1, 0.15) is 11.3 Å². The zero-order chi connectivity index (χ0) is 14.8. The largest absolute Gasteiger partial charge is 0.493 e. The lowest BCUT2D eigenvalue weighted by atomic mass is 10.1. The lowest BCUT2D eigenvalue weighted by Gasteiger charge is -2.11. The molecular weight excluding hydrogens is 268 g/mol. The summed E-state index contributed by atoms with van der Waals surface area (Å²) in [5.41, 5.74) is 6.01. The first-order valence-electron chi connectivity index (χ1n) is 6.90. The summed E-state index contributed by atoms with van der Waals surface area (Å²) >= 11 is 0. The normalized spacial score (nSPS) is 13.9. The van der Waals surface area contributed by atoms with Gasteiger partial charge >= 0.3 is 0 Å². The van der Waals surface area contributed by atoms with Crippen LogP contribution in [0, 0.1) is 5.92 Å². The summed E-state index contributed by atoms with van der Waals surface area (Å²) in [5.74, 6) is 0.641. The van der Waals surface area contributed by atoms with Crippen LogP contribution in [0.4, 0.5) is 0 Å². The van der Waals surface area contributed by atoms with Gasteiger partial charge in [-0.15, -0.1) is 0 Å². The van der Waals surface area contributed by atoms with Crippen molar-refractivity contribution < 1.29 is 9.53 Å². The molecule has 1 heterocycles. The zero-order valence-corrected chi connectivity index (χ0v) is 11.5. The Bertz CT molecular complexity index is 732. The quantitative estimate of drug-likeness (QED) is 0.879. The summed E-state index contributed by atoms with van der Waals surface area (Å²) in [7, 11) is 0. The third kappa shape index (κ3) is 2.97. The van der Waals surface area contributed by atoms with Crippen LogP contribution in [-0.4, -0.2) is 17.5 Å². The minimum absolute atomic E-state index is 0.0462. The van der Waals surface area contributed by atoms with E-state index in [2.05, 4.69) is 4.98 Å². The fraction of sp³-hybridized carbons (Fsp3) is 0.250. The van der Waals surface area contributed by atoms with E-state index in [-0.39, 0.29) is 5.56 Å². The van der Waals surface area contributed by atoms with Crippen molar-refractivity contribution in [2.24, 2.45) is 11.7 Å². The van der Waals surface area contributed by atoms with E-state index in [1.54, 1.807) is 6.07 Å². The number of aromatic amines is 1. The maximum Gasteiger partial charge on any atom is 0.261 e. The second-order valence-corrected chi connectivity index (χ2v) is 5.23. The first kappa shape index (κ1) is 13.4. The maximum absolute atomic E-state index is 11.8.